The topological polar surface area (TPSA) is 82.6 Å². The first-order valence-electron chi connectivity index (χ1n) is 4.39. The van der Waals surface area contributed by atoms with Gasteiger partial charge in [-0.1, -0.05) is 12.2 Å². The molecular formula is C9H14O5. The molecule has 2 aliphatic heterocycles. The Bertz CT molecular complexity index is 197. The summed E-state index contributed by atoms with van der Waals surface area (Å²) in [7, 11) is 0. The summed E-state index contributed by atoms with van der Waals surface area (Å²) in [5.41, 5.74) is 1.28. The molecule has 0 spiro atoms. The zero-order valence-electron chi connectivity index (χ0n) is 7.81. The van der Waals surface area contributed by atoms with Crippen molar-refractivity contribution in [2.75, 3.05) is 13.2 Å². The van der Waals surface area contributed by atoms with Gasteiger partial charge in [0.25, 0.3) is 0 Å². The summed E-state index contributed by atoms with van der Waals surface area (Å²) < 4.78 is 10.2. The highest BCUT2D eigenvalue weighted by molar-refractivity contribution is 5.53. The molecule has 0 bridgehead atoms. The maximum Gasteiger partial charge on any atom is 0.503 e. The van der Waals surface area contributed by atoms with Crippen LogP contribution in [-0.4, -0.2) is 41.8 Å². The van der Waals surface area contributed by atoms with E-state index in [-0.39, 0.29) is 0 Å². The van der Waals surface area contributed by atoms with E-state index in [1.54, 1.807) is 0 Å². The molecule has 2 N–H and O–H groups in total. The fourth-order valence-electron chi connectivity index (χ4n) is 1.10. The van der Waals surface area contributed by atoms with Gasteiger partial charge in [0.05, 0.1) is 25.4 Å². The lowest BCUT2D eigenvalue weighted by atomic mass is 10.1. The average molecular weight is 202 g/mol. The highest BCUT2D eigenvalue weighted by Crippen LogP contribution is 2.25. The standard InChI is InChI=1S/C8H12O2.CH2O3/c1-6(2-7-4-9-7)3-8-5-10-8;2-1(3)4/h7-8H,1-5H2;(H2,2,3,4). The molecular weight excluding hydrogens is 188 g/mol. The van der Waals surface area contributed by atoms with Crippen LogP contribution in [0.15, 0.2) is 12.2 Å². The van der Waals surface area contributed by atoms with E-state index in [1.165, 1.54) is 5.57 Å². The molecule has 2 atom stereocenters. The van der Waals surface area contributed by atoms with Crippen LogP contribution in [0.4, 0.5) is 4.79 Å². The van der Waals surface area contributed by atoms with Gasteiger partial charge < -0.3 is 19.7 Å². The van der Waals surface area contributed by atoms with Crippen LogP contribution in [0.2, 0.25) is 0 Å². The summed E-state index contributed by atoms with van der Waals surface area (Å²) >= 11 is 0. The van der Waals surface area contributed by atoms with Gasteiger partial charge in [-0.25, -0.2) is 4.79 Å². The lowest BCUT2D eigenvalue weighted by molar-refractivity contribution is 0.137. The van der Waals surface area contributed by atoms with Crippen molar-refractivity contribution < 1.29 is 24.5 Å². The molecule has 5 nitrogen and oxygen atoms in total. The number of carbonyl (C=O) groups is 1. The SMILES string of the molecule is C=C(CC1CO1)CC1CO1.O=C(O)O. The van der Waals surface area contributed by atoms with Crippen molar-refractivity contribution in [1.82, 2.24) is 0 Å². The Morgan fingerprint density at radius 1 is 1.21 bits per heavy atom. The monoisotopic (exact) mass is 202 g/mol. The van der Waals surface area contributed by atoms with E-state index in [0.29, 0.717) is 12.2 Å². The minimum absolute atomic E-state index is 0.492. The molecule has 2 aliphatic rings. The van der Waals surface area contributed by atoms with Gasteiger partial charge in [-0.3, -0.25) is 0 Å². The Labute approximate surface area is 81.9 Å². The zero-order chi connectivity index (χ0) is 10.6. The lowest BCUT2D eigenvalue weighted by Crippen LogP contribution is -1.93. The van der Waals surface area contributed by atoms with Gasteiger partial charge in [0.15, 0.2) is 0 Å². The van der Waals surface area contributed by atoms with Gasteiger partial charge in [0, 0.05) is 0 Å². The van der Waals surface area contributed by atoms with Crippen LogP contribution in [0, 0.1) is 0 Å². The summed E-state index contributed by atoms with van der Waals surface area (Å²) in [6.45, 7) is 5.83. The molecule has 80 valence electrons. The van der Waals surface area contributed by atoms with Crippen molar-refractivity contribution >= 4 is 6.16 Å². The second-order valence-electron chi connectivity index (χ2n) is 3.35. The Morgan fingerprint density at radius 2 is 1.50 bits per heavy atom. The molecule has 0 aromatic heterocycles. The highest BCUT2D eigenvalue weighted by Gasteiger charge is 2.27. The number of carboxylic acid groups (broad SMARTS) is 2. The van der Waals surface area contributed by atoms with E-state index in [9.17, 15) is 0 Å². The molecule has 2 saturated heterocycles. The molecule has 14 heavy (non-hydrogen) atoms. The maximum atomic E-state index is 8.56. The van der Waals surface area contributed by atoms with Crippen LogP contribution >= 0.6 is 0 Å². The average Bonchev–Trinajstić information content (AvgIpc) is 2.81. The van der Waals surface area contributed by atoms with Crippen LogP contribution < -0.4 is 0 Å². The van der Waals surface area contributed by atoms with Crippen molar-refractivity contribution in [3.63, 3.8) is 0 Å². The van der Waals surface area contributed by atoms with E-state index in [0.717, 1.165) is 26.1 Å². The van der Waals surface area contributed by atoms with Crippen molar-refractivity contribution in [1.29, 1.82) is 0 Å². The summed E-state index contributed by atoms with van der Waals surface area (Å²) in [5.74, 6) is 0. The van der Waals surface area contributed by atoms with Crippen LogP contribution in [0.3, 0.4) is 0 Å². The van der Waals surface area contributed by atoms with E-state index in [2.05, 4.69) is 6.58 Å². The predicted molar refractivity (Wildman–Crippen MR) is 48.5 cm³/mol. The number of ether oxygens (including phenoxy) is 2. The Kier molecular flexibility index (Phi) is 3.91. The third kappa shape index (κ3) is 6.45. The smallest absolute Gasteiger partial charge is 0.450 e. The van der Waals surface area contributed by atoms with Gasteiger partial charge >= 0.3 is 6.16 Å². The number of epoxide rings is 2. The Morgan fingerprint density at radius 3 is 1.71 bits per heavy atom. The van der Waals surface area contributed by atoms with Gasteiger partial charge in [-0.2, -0.15) is 0 Å². The molecule has 5 heteroatoms. The van der Waals surface area contributed by atoms with Gasteiger partial charge in [-0.15, -0.1) is 0 Å². The lowest BCUT2D eigenvalue weighted by Gasteiger charge is -1.97. The first-order chi connectivity index (χ1) is 6.58. The Balaban J connectivity index is 0.000000213. The molecule has 2 unspecified atom stereocenters. The second kappa shape index (κ2) is 4.97. The fourth-order valence-corrected chi connectivity index (χ4v) is 1.10. The minimum atomic E-state index is -1.83. The van der Waals surface area contributed by atoms with Gasteiger partial charge in [-0.05, 0) is 12.8 Å². The van der Waals surface area contributed by atoms with Gasteiger partial charge in [0.1, 0.15) is 0 Å². The Hall–Kier alpha value is -1.07. The van der Waals surface area contributed by atoms with E-state index in [1.807, 2.05) is 0 Å². The highest BCUT2D eigenvalue weighted by atomic mass is 16.6. The molecule has 2 rings (SSSR count). The first-order valence-corrected chi connectivity index (χ1v) is 4.39. The minimum Gasteiger partial charge on any atom is -0.450 e. The molecule has 2 fully saturated rings. The molecule has 0 aliphatic carbocycles. The van der Waals surface area contributed by atoms with Crippen LogP contribution in [0.25, 0.3) is 0 Å². The predicted octanol–water partition coefficient (Wildman–Crippen LogP) is 1.34. The zero-order valence-corrected chi connectivity index (χ0v) is 7.81. The number of rotatable bonds is 4. The third-order valence-corrected chi connectivity index (χ3v) is 1.84. The molecule has 0 radical (unpaired) electrons. The normalized spacial score (nSPS) is 27.1. The van der Waals surface area contributed by atoms with Crippen molar-refractivity contribution in [3.05, 3.63) is 12.2 Å². The van der Waals surface area contributed by atoms with Gasteiger partial charge in [0.2, 0.25) is 0 Å². The fraction of sp³-hybridized carbons (Fsp3) is 0.667. The van der Waals surface area contributed by atoms with Crippen LogP contribution in [-0.2, 0) is 9.47 Å². The van der Waals surface area contributed by atoms with E-state index < -0.39 is 6.16 Å². The number of hydrogen-bond donors (Lipinski definition) is 2. The third-order valence-electron chi connectivity index (χ3n) is 1.84. The van der Waals surface area contributed by atoms with Crippen molar-refractivity contribution in [2.24, 2.45) is 0 Å². The first kappa shape index (κ1) is 11.0. The summed E-state index contributed by atoms with van der Waals surface area (Å²) in [6.07, 6.45) is 1.23. The molecule has 0 aromatic carbocycles. The second-order valence-corrected chi connectivity index (χ2v) is 3.35. The molecule has 0 amide bonds. The summed E-state index contributed by atoms with van der Waals surface area (Å²) in [4.78, 5) is 8.56. The summed E-state index contributed by atoms with van der Waals surface area (Å²) in [6, 6.07) is 0. The largest absolute Gasteiger partial charge is 0.503 e. The van der Waals surface area contributed by atoms with Crippen molar-refractivity contribution in [2.45, 2.75) is 25.0 Å². The van der Waals surface area contributed by atoms with Crippen LogP contribution in [0.5, 0.6) is 0 Å². The molecule has 0 aromatic rings. The quantitative estimate of drug-likeness (QED) is 0.531. The number of hydrogen-bond acceptors (Lipinski definition) is 3. The van der Waals surface area contributed by atoms with Crippen LogP contribution in [0.1, 0.15) is 12.8 Å². The molecule has 2 heterocycles. The molecule has 0 saturated carbocycles. The van der Waals surface area contributed by atoms with Crippen molar-refractivity contribution in [3.8, 4) is 0 Å². The van der Waals surface area contributed by atoms with E-state index in [4.69, 9.17) is 24.5 Å². The summed E-state index contributed by atoms with van der Waals surface area (Å²) in [5, 5.41) is 13.9. The van der Waals surface area contributed by atoms with E-state index >= 15 is 0 Å². The maximum absolute atomic E-state index is 8.56.